The zero-order valence-electron chi connectivity index (χ0n) is 18.0. The van der Waals surface area contributed by atoms with Crippen LogP contribution in [0.15, 0.2) is 36.4 Å². The van der Waals surface area contributed by atoms with E-state index in [1.807, 2.05) is 25.1 Å². The minimum Gasteiger partial charge on any atom is -0.433 e. The van der Waals surface area contributed by atoms with Crippen LogP contribution in [0.25, 0.3) is 16.7 Å². The van der Waals surface area contributed by atoms with Gasteiger partial charge in [0, 0.05) is 19.0 Å². The van der Waals surface area contributed by atoms with Crippen molar-refractivity contribution in [3.05, 3.63) is 53.3 Å². The zero-order chi connectivity index (χ0) is 23.0. The number of alkyl halides is 2. The third kappa shape index (κ3) is 3.80. The van der Waals surface area contributed by atoms with Gasteiger partial charge in [0.05, 0.1) is 28.7 Å². The molecule has 2 unspecified atom stereocenters. The average Bonchev–Trinajstić information content (AvgIpc) is 3.07. The van der Waals surface area contributed by atoms with Crippen molar-refractivity contribution in [3.8, 4) is 23.3 Å². The van der Waals surface area contributed by atoms with Crippen LogP contribution in [0, 0.1) is 11.8 Å². The van der Waals surface area contributed by atoms with Crippen molar-refractivity contribution in [2.75, 3.05) is 7.05 Å². The molecule has 8 heteroatoms. The van der Waals surface area contributed by atoms with Crippen molar-refractivity contribution in [1.29, 1.82) is 0 Å². The normalized spacial score (nSPS) is 16.3. The fourth-order valence-electron chi connectivity index (χ4n) is 4.01. The van der Waals surface area contributed by atoms with Gasteiger partial charge in [-0.25, -0.2) is 4.98 Å². The fourth-order valence-corrected chi connectivity index (χ4v) is 4.01. The van der Waals surface area contributed by atoms with Gasteiger partial charge >= 0.3 is 6.61 Å². The van der Waals surface area contributed by atoms with Gasteiger partial charge in [-0.15, -0.1) is 0 Å². The molecular formula is C24H23F2N3O3. The van der Waals surface area contributed by atoms with Crippen LogP contribution in [0.3, 0.4) is 0 Å². The Morgan fingerprint density at radius 2 is 2.06 bits per heavy atom. The quantitative estimate of drug-likeness (QED) is 0.616. The molecule has 0 spiro atoms. The van der Waals surface area contributed by atoms with Gasteiger partial charge in [-0.1, -0.05) is 24.8 Å². The van der Waals surface area contributed by atoms with Crippen LogP contribution in [-0.2, 0) is 0 Å². The molecule has 1 aromatic heterocycles. The Labute approximate surface area is 184 Å². The fraction of sp³-hybridized carbons (Fsp3) is 0.333. The Bertz CT molecular complexity index is 1240. The van der Waals surface area contributed by atoms with Gasteiger partial charge in [0.1, 0.15) is 11.5 Å². The summed E-state index contributed by atoms with van der Waals surface area (Å²) in [6, 6.07) is 9.65. The highest BCUT2D eigenvalue weighted by atomic mass is 19.3. The Balaban J connectivity index is 2.02. The Morgan fingerprint density at radius 1 is 1.28 bits per heavy atom. The first-order valence-electron chi connectivity index (χ1n) is 10.4. The summed E-state index contributed by atoms with van der Waals surface area (Å²) >= 11 is 0. The lowest BCUT2D eigenvalue weighted by atomic mass is 10.1. The van der Waals surface area contributed by atoms with Crippen LogP contribution in [0.4, 0.5) is 8.78 Å². The predicted molar refractivity (Wildman–Crippen MR) is 116 cm³/mol. The van der Waals surface area contributed by atoms with Crippen molar-refractivity contribution < 1.29 is 23.4 Å². The number of imidazole rings is 1. The number of nitrogens with zero attached hydrogens (tertiary/aromatic N) is 3. The largest absolute Gasteiger partial charge is 0.433 e. The van der Waals surface area contributed by atoms with E-state index in [1.54, 1.807) is 29.5 Å². The summed E-state index contributed by atoms with van der Waals surface area (Å²) in [4.78, 5) is 19.6. The molecule has 2 atom stereocenters. The summed E-state index contributed by atoms with van der Waals surface area (Å²) in [5.41, 5.74) is 2.48. The number of carbonyl (C=O) groups is 1. The second-order valence-electron chi connectivity index (χ2n) is 7.73. The second kappa shape index (κ2) is 8.60. The number of halogens is 2. The van der Waals surface area contributed by atoms with Crippen molar-refractivity contribution in [3.63, 3.8) is 0 Å². The number of aliphatic hydroxyl groups excluding tert-OH is 1. The standard InChI is InChI=1S/C24H23F2N3O3/c1-4-18-22-27-17-12-11-15(8-5-7-14(2)30)13-19(17)29(22)21-16(23(31)28(18)3)9-6-10-20(21)32-24(25)26/h6,9-14,18,24,30H,4,7H2,1-3H3. The smallest absolute Gasteiger partial charge is 0.387 e. The lowest BCUT2D eigenvalue weighted by Crippen LogP contribution is -2.30. The summed E-state index contributed by atoms with van der Waals surface area (Å²) in [7, 11) is 1.68. The lowest BCUT2D eigenvalue weighted by Gasteiger charge is -2.24. The van der Waals surface area contributed by atoms with Crippen LogP contribution < -0.4 is 4.74 Å². The van der Waals surface area contributed by atoms with E-state index < -0.39 is 12.7 Å². The van der Waals surface area contributed by atoms with E-state index in [0.29, 0.717) is 35.3 Å². The molecule has 2 aromatic carbocycles. The van der Waals surface area contributed by atoms with Crippen LogP contribution in [0.1, 0.15) is 54.5 Å². The number of ether oxygens (including phenoxy) is 1. The Morgan fingerprint density at radius 3 is 2.75 bits per heavy atom. The van der Waals surface area contributed by atoms with Gasteiger partial charge in [0.15, 0.2) is 5.75 Å². The third-order valence-electron chi connectivity index (χ3n) is 5.45. The monoisotopic (exact) mass is 439 g/mol. The number of benzene rings is 2. The summed E-state index contributed by atoms with van der Waals surface area (Å²) in [5.74, 6) is 6.12. The highest BCUT2D eigenvalue weighted by Gasteiger charge is 2.35. The molecule has 0 bridgehead atoms. The molecule has 1 N–H and O–H groups in total. The first kappa shape index (κ1) is 21.8. The molecule has 0 radical (unpaired) electrons. The zero-order valence-corrected chi connectivity index (χ0v) is 18.0. The van der Waals surface area contributed by atoms with E-state index in [-0.39, 0.29) is 28.9 Å². The molecule has 0 saturated heterocycles. The molecule has 1 amide bonds. The molecule has 1 aliphatic rings. The van der Waals surface area contributed by atoms with Crippen molar-refractivity contribution in [2.45, 2.75) is 45.4 Å². The van der Waals surface area contributed by atoms with Gasteiger partial charge in [0.25, 0.3) is 5.91 Å². The molecular weight excluding hydrogens is 416 g/mol. The van der Waals surface area contributed by atoms with E-state index in [0.717, 1.165) is 0 Å². The number of aliphatic hydroxyl groups is 1. The summed E-state index contributed by atoms with van der Waals surface area (Å²) in [6.07, 6.45) is 0.380. The number of aromatic nitrogens is 2. The number of para-hydroxylation sites is 1. The molecule has 2 heterocycles. The molecule has 3 aromatic rings. The SMILES string of the molecule is CCC1c2nc3ccc(C#CCC(C)O)cc3n2-c2c(OC(F)F)cccc2C(=O)N1C. The molecule has 6 nitrogen and oxygen atoms in total. The summed E-state index contributed by atoms with van der Waals surface area (Å²) in [6.45, 7) is 0.561. The maximum Gasteiger partial charge on any atom is 0.387 e. The summed E-state index contributed by atoms with van der Waals surface area (Å²) in [5, 5.41) is 9.45. The van der Waals surface area contributed by atoms with E-state index >= 15 is 0 Å². The van der Waals surface area contributed by atoms with Gasteiger partial charge in [-0.2, -0.15) is 8.78 Å². The van der Waals surface area contributed by atoms with Gasteiger partial charge in [0.2, 0.25) is 0 Å². The minimum absolute atomic E-state index is 0.0952. The van der Waals surface area contributed by atoms with Gasteiger partial charge in [-0.3, -0.25) is 9.36 Å². The highest BCUT2D eigenvalue weighted by molar-refractivity contribution is 6.00. The van der Waals surface area contributed by atoms with Crippen LogP contribution in [0.5, 0.6) is 5.75 Å². The maximum absolute atomic E-state index is 13.2. The molecule has 0 fully saturated rings. The number of hydrogen-bond donors (Lipinski definition) is 1. The molecule has 166 valence electrons. The molecule has 0 saturated carbocycles. The first-order valence-corrected chi connectivity index (χ1v) is 10.4. The van der Waals surface area contributed by atoms with Crippen molar-refractivity contribution >= 4 is 16.9 Å². The number of fused-ring (bicyclic) bond motifs is 5. The average molecular weight is 439 g/mol. The Hall–Kier alpha value is -3.44. The number of amides is 1. The number of rotatable bonds is 4. The first-order chi connectivity index (χ1) is 15.3. The van der Waals surface area contributed by atoms with Crippen molar-refractivity contribution in [1.82, 2.24) is 14.5 Å². The molecule has 32 heavy (non-hydrogen) atoms. The Kier molecular flexibility index (Phi) is 5.85. The van der Waals surface area contributed by atoms with E-state index in [1.165, 1.54) is 12.1 Å². The molecule has 4 rings (SSSR count). The van der Waals surface area contributed by atoms with E-state index in [9.17, 15) is 18.7 Å². The van der Waals surface area contributed by atoms with Crippen LogP contribution >= 0.6 is 0 Å². The van der Waals surface area contributed by atoms with Gasteiger partial charge in [-0.05, 0) is 43.7 Å². The highest BCUT2D eigenvalue weighted by Crippen LogP contribution is 2.40. The lowest BCUT2D eigenvalue weighted by molar-refractivity contribution is -0.0498. The number of hydrogen-bond acceptors (Lipinski definition) is 4. The van der Waals surface area contributed by atoms with Crippen LogP contribution in [0.2, 0.25) is 0 Å². The minimum atomic E-state index is -3.04. The molecule has 1 aliphatic heterocycles. The summed E-state index contributed by atoms with van der Waals surface area (Å²) < 4.78 is 33.0. The van der Waals surface area contributed by atoms with E-state index in [4.69, 9.17) is 9.72 Å². The van der Waals surface area contributed by atoms with Crippen LogP contribution in [-0.4, -0.2) is 45.2 Å². The predicted octanol–water partition coefficient (Wildman–Crippen LogP) is 4.29. The molecule has 0 aliphatic carbocycles. The van der Waals surface area contributed by atoms with E-state index in [2.05, 4.69) is 11.8 Å². The third-order valence-corrected chi connectivity index (χ3v) is 5.45. The van der Waals surface area contributed by atoms with Crippen molar-refractivity contribution in [2.24, 2.45) is 0 Å². The van der Waals surface area contributed by atoms with Gasteiger partial charge < -0.3 is 14.7 Å². The number of carbonyl (C=O) groups excluding carboxylic acids is 1. The topological polar surface area (TPSA) is 67.6 Å². The second-order valence-corrected chi connectivity index (χ2v) is 7.73. The maximum atomic E-state index is 13.2.